The molecule has 6 heteroatoms. The van der Waals surface area contributed by atoms with E-state index in [0.717, 1.165) is 29.6 Å². The second kappa shape index (κ2) is 6.59. The van der Waals surface area contributed by atoms with Gasteiger partial charge in [0.05, 0.1) is 10.2 Å². The normalized spacial score (nSPS) is 16.5. The average Bonchev–Trinajstić information content (AvgIpc) is 2.82. The van der Waals surface area contributed by atoms with Gasteiger partial charge in [-0.1, -0.05) is 23.5 Å². The molecule has 0 N–H and O–H groups in total. The smallest absolute Gasteiger partial charge is 0.410 e. The first-order valence-electron chi connectivity index (χ1n) is 8.40. The third-order valence-corrected chi connectivity index (χ3v) is 5.24. The standard InChI is InChI=1S/C18H24N2O3S/c1-18(2,3)23-16(21)19-10-8-13(9-11-19)12-20-14-6-4-5-7-15(14)24-17(20)22/h4-7,13H,8-12H2,1-3H3. The van der Waals surface area contributed by atoms with Crippen LogP contribution in [0.1, 0.15) is 33.6 Å². The number of para-hydroxylation sites is 1. The summed E-state index contributed by atoms with van der Waals surface area (Å²) in [7, 11) is 0. The number of thiazole rings is 1. The Kier molecular flexibility index (Phi) is 4.67. The van der Waals surface area contributed by atoms with Gasteiger partial charge in [-0.3, -0.25) is 9.36 Å². The van der Waals surface area contributed by atoms with Gasteiger partial charge in [0.25, 0.3) is 0 Å². The molecule has 1 amide bonds. The van der Waals surface area contributed by atoms with Crippen LogP contribution < -0.4 is 4.87 Å². The average molecular weight is 348 g/mol. The predicted octanol–water partition coefficient (Wildman–Crippen LogP) is 3.71. The summed E-state index contributed by atoms with van der Waals surface area (Å²) >= 11 is 1.30. The third-order valence-electron chi connectivity index (χ3n) is 4.28. The highest BCUT2D eigenvalue weighted by Crippen LogP contribution is 2.23. The molecule has 1 aliphatic heterocycles. The van der Waals surface area contributed by atoms with Gasteiger partial charge in [-0.15, -0.1) is 0 Å². The molecule has 1 aliphatic rings. The zero-order valence-corrected chi connectivity index (χ0v) is 15.3. The fourth-order valence-corrected chi connectivity index (χ4v) is 3.97. The lowest BCUT2D eigenvalue weighted by atomic mass is 9.97. The number of likely N-dealkylation sites (tertiary alicyclic amines) is 1. The van der Waals surface area contributed by atoms with E-state index in [1.807, 2.05) is 49.6 Å². The molecule has 1 saturated heterocycles. The van der Waals surface area contributed by atoms with Crippen molar-refractivity contribution in [3.05, 3.63) is 33.9 Å². The fraction of sp³-hybridized carbons (Fsp3) is 0.556. The van der Waals surface area contributed by atoms with Gasteiger partial charge in [0, 0.05) is 19.6 Å². The molecule has 0 atom stereocenters. The van der Waals surface area contributed by atoms with Crippen LogP contribution in [-0.2, 0) is 11.3 Å². The molecule has 0 saturated carbocycles. The van der Waals surface area contributed by atoms with Crippen molar-refractivity contribution >= 4 is 27.6 Å². The molecule has 2 aromatic rings. The van der Waals surface area contributed by atoms with Crippen molar-refractivity contribution in [2.24, 2.45) is 5.92 Å². The molecule has 0 aliphatic carbocycles. The maximum Gasteiger partial charge on any atom is 0.410 e. The highest BCUT2D eigenvalue weighted by molar-refractivity contribution is 7.16. The Bertz CT molecular complexity index is 779. The summed E-state index contributed by atoms with van der Waals surface area (Å²) in [5, 5.41) is 0. The first-order valence-corrected chi connectivity index (χ1v) is 9.21. The number of piperidine rings is 1. The van der Waals surface area contributed by atoms with Gasteiger partial charge in [0.1, 0.15) is 5.60 Å². The highest BCUT2D eigenvalue weighted by Gasteiger charge is 2.27. The molecule has 1 fully saturated rings. The lowest BCUT2D eigenvalue weighted by Crippen LogP contribution is -2.42. The molecule has 3 rings (SSSR count). The summed E-state index contributed by atoms with van der Waals surface area (Å²) in [6.07, 6.45) is 1.56. The number of amides is 1. The van der Waals surface area contributed by atoms with Crippen molar-refractivity contribution < 1.29 is 9.53 Å². The van der Waals surface area contributed by atoms with E-state index in [4.69, 9.17) is 4.74 Å². The van der Waals surface area contributed by atoms with Crippen LogP contribution in [0.15, 0.2) is 29.1 Å². The molecular weight excluding hydrogens is 324 g/mol. The van der Waals surface area contributed by atoms with E-state index < -0.39 is 5.60 Å². The maximum atomic E-state index is 12.2. The summed E-state index contributed by atoms with van der Waals surface area (Å²) < 4.78 is 8.35. The number of hydrogen-bond acceptors (Lipinski definition) is 4. The lowest BCUT2D eigenvalue weighted by molar-refractivity contribution is 0.0178. The molecule has 0 unspecified atom stereocenters. The highest BCUT2D eigenvalue weighted by atomic mass is 32.1. The zero-order chi connectivity index (χ0) is 17.3. The molecule has 0 bridgehead atoms. The first-order chi connectivity index (χ1) is 11.3. The second-order valence-electron chi connectivity index (χ2n) is 7.36. The molecule has 2 heterocycles. The Hall–Kier alpha value is -1.82. The summed E-state index contributed by atoms with van der Waals surface area (Å²) in [5.74, 6) is 0.416. The van der Waals surface area contributed by atoms with E-state index >= 15 is 0 Å². The van der Waals surface area contributed by atoms with Crippen LogP contribution in [0, 0.1) is 5.92 Å². The minimum absolute atomic E-state index is 0.103. The molecule has 0 spiro atoms. The molecule has 1 aromatic heterocycles. The van der Waals surface area contributed by atoms with E-state index in [-0.39, 0.29) is 11.0 Å². The van der Waals surface area contributed by atoms with Crippen molar-refractivity contribution in [2.45, 2.75) is 45.8 Å². The molecule has 5 nitrogen and oxygen atoms in total. The Morgan fingerprint density at radius 1 is 1.25 bits per heavy atom. The maximum absolute atomic E-state index is 12.2. The minimum Gasteiger partial charge on any atom is -0.444 e. The van der Waals surface area contributed by atoms with Gasteiger partial charge in [0.15, 0.2) is 0 Å². The Morgan fingerprint density at radius 2 is 1.92 bits per heavy atom. The van der Waals surface area contributed by atoms with Crippen LogP contribution in [-0.4, -0.2) is 34.3 Å². The van der Waals surface area contributed by atoms with Crippen molar-refractivity contribution in [2.75, 3.05) is 13.1 Å². The van der Waals surface area contributed by atoms with E-state index in [2.05, 4.69) is 0 Å². The second-order valence-corrected chi connectivity index (χ2v) is 8.35. The Labute approximate surface area is 145 Å². The summed E-state index contributed by atoms with van der Waals surface area (Å²) in [6, 6.07) is 7.92. The number of aromatic nitrogens is 1. The summed E-state index contributed by atoms with van der Waals surface area (Å²) in [5.41, 5.74) is 0.554. The molecule has 0 radical (unpaired) electrons. The number of benzene rings is 1. The van der Waals surface area contributed by atoms with Crippen LogP contribution in [0.2, 0.25) is 0 Å². The number of carbonyl (C=O) groups is 1. The number of nitrogens with zero attached hydrogens (tertiary/aromatic N) is 2. The van der Waals surface area contributed by atoms with E-state index in [9.17, 15) is 9.59 Å². The Balaban J connectivity index is 1.62. The zero-order valence-electron chi connectivity index (χ0n) is 14.4. The van der Waals surface area contributed by atoms with Crippen LogP contribution in [0.25, 0.3) is 10.2 Å². The van der Waals surface area contributed by atoms with Crippen molar-refractivity contribution in [1.82, 2.24) is 9.47 Å². The number of carbonyl (C=O) groups excluding carboxylic acids is 1. The van der Waals surface area contributed by atoms with Crippen LogP contribution in [0.5, 0.6) is 0 Å². The fourth-order valence-electron chi connectivity index (χ4n) is 3.07. The van der Waals surface area contributed by atoms with Gasteiger partial charge in [-0.2, -0.15) is 0 Å². The molecular formula is C18H24N2O3S. The van der Waals surface area contributed by atoms with Crippen LogP contribution >= 0.6 is 11.3 Å². The molecule has 130 valence electrons. The predicted molar refractivity (Wildman–Crippen MR) is 96.6 cm³/mol. The largest absolute Gasteiger partial charge is 0.444 e. The molecule has 24 heavy (non-hydrogen) atoms. The van der Waals surface area contributed by atoms with E-state index in [1.54, 1.807) is 4.90 Å². The van der Waals surface area contributed by atoms with Gasteiger partial charge in [-0.25, -0.2) is 4.79 Å². The third kappa shape index (κ3) is 3.80. The Morgan fingerprint density at radius 3 is 2.58 bits per heavy atom. The van der Waals surface area contributed by atoms with Crippen molar-refractivity contribution in [1.29, 1.82) is 0 Å². The minimum atomic E-state index is -0.461. The SMILES string of the molecule is CC(C)(C)OC(=O)N1CCC(Cn2c(=O)sc3ccccc32)CC1. The van der Waals surface area contributed by atoms with E-state index in [1.165, 1.54) is 11.3 Å². The van der Waals surface area contributed by atoms with Crippen molar-refractivity contribution in [3.63, 3.8) is 0 Å². The lowest BCUT2D eigenvalue weighted by Gasteiger charge is -2.33. The van der Waals surface area contributed by atoms with Gasteiger partial charge in [-0.05, 0) is 51.7 Å². The number of fused-ring (bicyclic) bond motifs is 1. The van der Waals surface area contributed by atoms with Gasteiger partial charge < -0.3 is 9.64 Å². The number of ether oxygens (including phenoxy) is 1. The monoisotopic (exact) mass is 348 g/mol. The topological polar surface area (TPSA) is 51.5 Å². The van der Waals surface area contributed by atoms with Gasteiger partial charge in [0.2, 0.25) is 0 Å². The summed E-state index contributed by atoms with van der Waals surface area (Å²) in [4.78, 5) is 26.2. The van der Waals surface area contributed by atoms with Crippen LogP contribution in [0.3, 0.4) is 0 Å². The first kappa shape index (κ1) is 17.0. The van der Waals surface area contributed by atoms with Crippen LogP contribution in [0.4, 0.5) is 4.79 Å². The molecule has 1 aromatic carbocycles. The number of hydrogen-bond donors (Lipinski definition) is 0. The van der Waals surface area contributed by atoms with Gasteiger partial charge >= 0.3 is 11.0 Å². The summed E-state index contributed by atoms with van der Waals surface area (Å²) in [6.45, 7) is 7.75. The van der Waals surface area contributed by atoms with E-state index in [0.29, 0.717) is 19.0 Å². The quantitative estimate of drug-likeness (QED) is 0.831. The number of rotatable bonds is 2. The van der Waals surface area contributed by atoms with Crippen molar-refractivity contribution in [3.8, 4) is 0 Å².